The molecule has 0 saturated carbocycles. The molecule has 0 aliphatic rings. The molecule has 0 radical (unpaired) electrons. The molecule has 0 bridgehead atoms. The second kappa shape index (κ2) is 8.92. The average molecular weight is 401 g/mol. The Hall–Kier alpha value is -2.51. The van der Waals surface area contributed by atoms with Gasteiger partial charge in [-0.25, -0.2) is 4.98 Å². The first-order valence-electron chi connectivity index (χ1n) is 8.61. The highest BCUT2D eigenvalue weighted by molar-refractivity contribution is 7.14. The van der Waals surface area contributed by atoms with Crippen molar-refractivity contribution in [1.29, 1.82) is 0 Å². The van der Waals surface area contributed by atoms with E-state index < -0.39 is 18.0 Å². The van der Waals surface area contributed by atoms with Gasteiger partial charge in [-0.3, -0.25) is 14.9 Å². The van der Waals surface area contributed by atoms with E-state index in [0.717, 1.165) is 23.2 Å². The highest BCUT2D eigenvalue weighted by Crippen LogP contribution is 2.25. The lowest BCUT2D eigenvalue weighted by atomic mass is 10.1. The number of nitrogens with zero attached hydrogens (tertiary/aromatic N) is 1. The van der Waals surface area contributed by atoms with E-state index in [-0.39, 0.29) is 6.42 Å². The first kappa shape index (κ1) is 19.3. The molecule has 0 fully saturated rings. The molecular formula is C20H20N2O3S2. The first-order chi connectivity index (χ1) is 13.0. The highest BCUT2D eigenvalue weighted by Gasteiger charge is 2.19. The molecule has 7 heteroatoms. The third-order valence-electron chi connectivity index (χ3n) is 4.00. The summed E-state index contributed by atoms with van der Waals surface area (Å²) in [5.41, 5.74) is 3.95. The Balaban J connectivity index is 1.55. The molecule has 2 heterocycles. The van der Waals surface area contributed by atoms with Crippen molar-refractivity contribution in [3.8, 4) is 11.3 Å². The second-order valence-corrected chi connectivity index (χ2v) is 7.66. The molecule has 0 aliphatic carbocycles. The number of nitrogens with one attached hydrogen (secondary N) is 1. The van der Waals surface area contributed by atoms with E-state index in [2.05, 4.69) is 29.4 Å². The van der Waals surface area contributed by atoms with Crippen LogP contribution in [0.25, 0.3) is 11.3 Å². The summed E-state index contributed by atoms with van der Waals surface area (Å²) >= 11 is 2.86. The highest BCUT2D eigenvalue weighted by atomic mass is 32.1. The van der Waals surface area contributed by atoms with Crippen LogP contribution in [0.4, 0.5) is 5.13 Å². The predicted molar refractivity (Wildman–Crippen MR) is 109 cm³/mol. The zero-order chi connectivity index (χ0) is 19.2. The molecule has 1 atom stereocenters. The van der Waals surface area contributed by atoms with E-state index in [9.17, 15) is 9.59 Å². The van der Waals surface area contributed by atoms with Gasteiger partial charge in [0.05, 0.1) is 12.1 Å². The van der Waals surface area contributed by atoms with E-state index in [1.54, 1.807) is 6.92 Å². The largest absolute Gasteiger partial charge is 0.452 e. The molecule has 0 unspecified atom stereocenters. The van der Waals surface area contributed by atoms with Crippen molar-refractivity contribution in [1.82, 2.24) is 4.98 Å². The molecule has 0 aliphatic heterocycles. The number of rotatable bonds is 7. The Morgan fingerprint density at radius 1 is 1.15 bits per heavy atom. The number of ether oxygens (including phenoxy) is 1. The Labute approximate surface area is 166 Å². The summed E-state index contributed by atoms with van der Waals surface area (Å²) in [6, 6.07) is 10.0. The Morgan fingerprint density at radius 3 is 2.59 bits per heavy atom. The predicted octanol–water partition coefficient (Wildman–Crippen LogP) is 4.55. The van der Waals surface area contributed by atoms with Gasteiger partial charge in [-0.15, -0.1) is 11.3 Å². The lowest BCUT2D eigenvalue weighted by Gasteiger charge is -2.12. The average Bonchev–Trinajstić information content (AvgIpc) is 3.33. The van der Waals surface area contributed by atoms with E-state index in [1.165, 1.54) is 28.2 Å². The SMILES string of the molecule is CCc1ccc(-c2csc(NC(=O)[C@@H](C)OC(=O)Cc3ccsc3)n2)cc1. The lowest BCUT2D eigenvalue weighted by Crippen LogP contribution is -2.30. The minimum absolute atomic E-state index is 0.163. The molecule has 0 saturated heterocycles. The summed E-state index contributed by atoms with van der Waals surface area (Å²) in [5, 5.41) is 8.87. The van der Waals surface area contributed by atoms with Crippen LogP contribution in [0.5, 0.6) is 0 Å². The Bertz CT molecular complexity index is 902. The van der Waals surface area contributed by atoms with Crippen LogP contribution in [0.2, 0.25) is 0 Å². The van der Waals surface area contributed by atoms with Crippen molar-refractivity contribution in [3.63, 3.8) is 0 Å². The number of thiazole rings is 1. The maximum absolute atomic E-state index is 12.3. The van der Waals surface area contributed by atoms with Gasteiger partial charge in [-0.05, 0) is 41.3 Å². The summed E-state index contributed by atoms with van der Waals surface area (Å²) in [6.07, 6.45) is 0.269. The van der Waals surface area contributed by atoms with Crippen molar-refractivity contribution in [2.75, 3.05) is 5.32 Å². The molecule has 27 heavy (non-hydrogen) atoms. The topological polar surface area (TPSA) is 68.3 Å². The molecule has 1 N–H and O–H groups in total. The third-order valence-corrected chi connectivity index (χ3v) is 5.49. The fourth-order valence-electron chi connectivity index (χ4n) is 2.43. The number of aryl methyl sites for hydroxylation is 1. The summed E-state index contributed by atoms with van der Waals surface area (Å²) in [7, 11) is 0. The van der Waals surface area contributed by atoms with Crippen molar-refractivity contribution < 1.29 is 14.3 Å². The van der Waals surface area contributed by atoms with Gasteiger partial charge in [0.25, 0.3) is 5.91 Å². The molecule has 0 spiro atoms. The van der Waals surface area contributed by atoms with Gasteiger partial charge in [0.2, 0.25) is 0 Å². The fourth-order valence-corrected chi connectivity index (χ4v) is 3.83. The quantitative estimate of drug-likeness (QED) is 0.591. The van der Waals surface area contributed by atoms with Crippen molar-refractivity contribution in [3.05, 3.63) is 57.6 Å². The third kappa shape index (κ3) is 5.24. The van der Waals surface area contributed by atoms with Gasteiger partial charge in [0, 0.05) is 10.9 Å². The van der Waals surface area contributed by atoms with Crippen LogP contribution >= 0.6 is 22.7 Å². The number of aromatic nitrogens is 1. The smallest absolute Gasteiger partial charge is 0.311 e. The molecule has 3 aromatic rings. The number of hydrogen-bond donors (Lipinski definition) is 1. The van der Waals surface area contributed by atoms with E-state index in [4.69, 9.17) is 4.74 Å². The monoisotopic (exact) mass is 400 g/mol. The molecule has 5 nitrogen and oxygen atoms in total. The number of amides is 1. The van der Waals surface area contributed by atoms with Crippen LogP contribution in [-0.4, -0.2) is 23.0 Å². The van der Waals surface area contributed by atoms with Gasteiger partial charge >= 0.3 is 5.97 Å². The number of carbonyl (C=O) groups excluding carboxylic acids is 2. The molecular weight excluding hydrogens is 380 g/mol. The zero-order valence-electron chi connectivity index (χ0n) is 15.1. The summed E-state index contributed by atoms with van der Waals surface area (Å²) in [4.78, 5) is 28.6. The first-order valence-corrected chi connectivity index (χ1v) is 10.4. The van der Waals surface area contributed by atoms with Crippen molar-refractivity contribution in [2.24, 2.45) is 0 Å². The summed E-state index contributed by atoms with van der Waals surface area (Å²) in [5.74, 6) is -0.817. The van der Waals surface area contributed by atoms with Crippen LogP contribution in [0, 0.1) is 0 Å². The summed E-state index contributed by atoms with van der Waals surface area (Å²) in [6.45, 7) is 3.67. The van der Waals surface area contributed by atoms with E-state index >= 15 is 0 Å². The second-order valence-electron chi connectivity index (χ2n) is 6.02. The van der Waals surface area contributed by atoms with Crippen LogP contribution in [0.15, 0.2) is 46.5 Å². The Kier molecular flexibility index (Phi) is 6.36. The number of hydrogen-bond acceptors (Lipinski definition) is 6. The molecule has 1 aromatic carbocycles. The summed E-state index contributed by atoms with van der Waals surface area (Å²) < 4.78 is 5.21. The lowest BCUT2D eigenvalue weighted by molar-refractivity contribution is -0.152. The molecule has 140 valence electrons. The van der Waals surface area contributed by atoms with Gasteiger partial charge in [0.1, 0.15) is 0 Å². The fraction of sp³-hybridized carbons (Fsp3) is 0.250. The minimum atomic E-state index is -0.882. The standard InChI is InChI=1S/C20H20N2O3S2/c1-3-14-4-6-16(7-5-14)17-12-27-20(21-17)22-19(24)13(2)25-18(23)10-15-8-9-26-11-15/h4-9,11-13H,3,10H2,1-2H3,(H,21,22,24)/t13-/m1/s1. The zero-order valence-corrected chi connectivity index (χ0v) is 16.7. The van der Waals surface area contributed by atoms with Gasteiger partial charge in [-0.1, -0.05) is 31.2 Å². The van der Waals surface area contributed by atoms with Gasteiger partial charge < -0.3 is 4.74 Å². The van der Waals surface area contributed by atoms with Crippen LogP contribution in [0.3, 0.4) is 0 Å². The number of anilines is 1. The van der Waals surface area contributed by atoms with Gasteiger partial charge in [0.15, 0.2) is 11.2 Å². The molecule has 1 amide bonds. The van der Waals surface area contributed by atoms with Crippen LogP contribution in [0.1, 0.15) is 25.0 Å². The number of esters is 1. The van der Waals surface area contributed by atoms with Crippen molar-refractivity contribution in [2.45, 2.75) is 32.8 Å². The maximum Gasteiger partial charge on any atom is 0.311 e. The number of thiophene rings is 1. The maximum atomic E-state index is 12.3. The number of benzene rings is 1. The molecule has 2 aromatic heterocycles. The normalized spacial score (nSPS) is 11.8. The van der Waals surface area contributed by atoms with E-state index in [1.807, 2.05) is 34.3 Å². The van der Waals surface area contributed by atoms with Crippen molar-refractivity contribution >= 4 is 39.7 Å². The van der Waals surface area contributed by atoms with E-state index in [0.29, 0.717) is 5.13 Å². The van der Waals surface area contributed by atoms with Crippen LogP contribution in [-0.2, 0) is 27.2 Å². The van der Waals surface area contributed by atoms with Crippen LogP contribution < -0.4 is 5.32 Å². The van der Waals surface area contributed by atoms with Gasteiger partial charge in [-0.2, -0.15) is 11.3 Å². The number of carbonyl (C=O) groups is 2. The Morgan fingerprint density at radius 2 is 1.93 bits per heavy atom. The minimum Gasteiger partial charge on any atom is -0.452 e. The molecule has 3 rings (SSSR count).